The molecule has 0 aromatic carbocycles. The van der Waals surface area contributed by atoms with E-state index in [1.165, 1.54) is 116 Å². The van der Waals surface area contributed by atoms with Crippen LogP contribution in [-0.4, -0.2) is 97.5 Å². The maximum atomic E-state index is 12.9. The number of esters is 1. The summed E-state index contributed by atoms with van der Waals surface area (Å²) < 4.78 is 59.3. The van der Waals surface area contributed by atoms with Gasteiger partial charge in [-0.15, -0.1) is 0 Å². The molecule has 1 fully saturated rings. The Balaban J connectivity index is 2.33. The van der Waals surface area contributed by atoms with Gasteiger partial charge in [0, 0.05) is 13.0 Å². The van der Waals surface area contributed by atoms with Gasteiger partial charge in [0.1, 0.15) is 30.5 Å². The number of aliphatic hydroxyl groups excluding tert-OH is 3. The van der Waals surface area contributed by atoms with Crippen LogP contribution in [0.3, 0.4) is 0 Å². The number of rotatable bonds is 47. The third-order valence-electron chi connectivity index (χ3n) is 12.2. The highest BCUT2D eigenvalue weighted by atomic mass is 32.3. The molecule has 13 heteroatoms. The van der Waals surface area contributed by atoms with E-state index in [2.05, 4.69) is 78.8 Å². The van der Waals surface area contributed by atoms with Gasteiger partial charge in [-0.3, -0.25) is 9.35 Å². The van der Waals surface area contributed by atoms with Crippen LogP contribution in [0.1, 0.15) is 219 Å². The maximum Gasteiger partial charge on any atom is 0.397 e. The summed E-state index contributed by atoms with van der Waals surface area (Å²) in [7, 11) is -5.07. The van der Waals surface area contributed by atoms with E-state index in [-0.39, 0.29) is 19.6 Å². The van der Waals surface area contributed by atoms with E-state index in [1.807, 2.05) is 0 Å². The first-order valence-electron chi connectivity index (χ1n) is 27.0. The summed E-state index contributed by atoms with van der Waals surface area (Å²) in [4.78, 5) is 12.9. The summed E-state index contributed by atoms with van der Waals surface area (Å²) in [5, 5.41) is 30.8. The fraction of sp³-hybridized carbons (Fsp3) is 0.800. The van der Waals surface area contributed by atoms with Crippen molar-refractivity contribution < 1.29 is 56.2 Å². The van der Waals surface area contributed by atoms with Crippen LogP contribution >= 0.6 is 0 Å². The van der Waals surface area contributed by atoms with Gasteiger partial charge < -0.3 is 34.3 Å². The third-order valence-corrected chi connectivity index (χ3v) is 12.6. The highest BCUT2D eigenvalue weighted by molar-refractivity contribution is 7.80. The van der Waals surface area contributed by atoms with Gasteiger partial charge in [-0.25, -0.2) is 4.18 Å². The zero-order valence-electron chi connectivity index (χ0n) is 42.7. The first-order valence-corrected chi connectivity index (χ1v) is 28.4. The lowest BCUT2D eigenvalue weighted by Crippen LogP contribution is -2.60. The molecule has 1 saturated heterocycles. The molecule has 4 N–H and O–H groups in total. The molecule has 0 amide bonds. The number of ether oxygens (including phenoxy) is 4. The summed E-state index contributed by atoms with van der Waals surface area (Å²) in [6.07, 6.45) is 49.6. The van der Waals surface area contributed by atoms with Gasteiger partial charge in [-0.2, -0.15) is 8.42 Å². The van der Waals surface area contributed by atoms with Crippen molar-refractivity contribution in [1.82, 2.24) is 0 Å². The van der Waals surface area contributed by atoms with Crippen LogP contribution in [0.2, 0.25) is 0 Å². The van der Waals surface area contributed by atoms with Gasteiger partial charge in [-0.1, -0.05) is 216 Å². The molecule has 396 valence electrons. The SMILES string of the molecule is CC/C=C\C/C=C\C/C=C\C/C=C\C/C=C\CCCCCCCCCCOCC(COC1OC(CO)C(O)C(OS(=O)(=O)O)C1O)OC(=O)CCCCCCCCCCCCCCCCCCC. The van der Waals surface area contributed by atoms with E-state index in [4.69, 9.17) is 18.9 Å². The molecule has 1 rings (SSSR count). The van der Waals surface area contributed by atoms with Crippen LogP contribution in [0.25, 0.3) is 0 Å². The van der Waals surface area contributed by atoms with E-state index in [0.717, 1.165) is 77.0 Å². The minimum absolute atomic E-state index is 0.0303. The van der Waals surface area contributed by atoms with Crippen molar-refractivity contribution in [3.05, 3.63) is 60.8 Å². The number of hydrogen-bond donors (Lipinski definition) is 4. The Hall–Kier alpha value is -2.20. The van der Waals surface area contributed by atoms with E-state index in [1.54, 1.807) is 0 Å². The average Bonchev–Trinajstić information content (AvgIpc) is 3.31. The van der Waals surface area contributed by atoms with Crippen LogP contribution < -0.4 is 0 Å². The monoisotopic (exact) mass is 983 g/mol. The van der Waals surface area contributed by atoms with Gasteiger partial charge in [-0.05, 0) is 57.8 Å². The Morgan fingerprint density at radius 2 is 1.01 bits per heavy atom. The van der Waals surface area contributed by atoms with Crippen molar-refractivity contribution in [3.63, 3.8) is 0 Å². The molecule has 0 aromatic rings. The van der Waals surface area contributed by atoms with Crippen LogP contribution in [0.4, 0.5) is 0 Å². The first-order chi connectivity index (χ1) is 33.1. The normalized spacial score (nSPS) is 19.8. The van der Waals surface area contributed by atoms with Crippen molar-refractivity contribution in [2.24, 2.45) is 0 Å². The second kappa shape index (κ2) is 45.9. The number of unbranched alkanes of at least 4 members (excludes halogenated alkanes) is 24. The largest absolute Gasteiger partial charge is 0.457 e. The molecule has 0 saturated carbocycles. The first kappa shape index (κ1) is 63.8. The Morgan fingerprint density at radius 1 is 0.574 bits per heavy atom. The molecule has 12 nitrogen and oxygen atoms in total. The molecule has 0 bridgehead atoms. The summed E-state index contributed by atoms with van der Waals surface area (Å²) in [5.74, 6) is -0.401. The molecule has 0 spiro atoms. The highest BCUT2D eigenvalue weighted by Crippen LogP contribution is 2.26. The van der Waals surface area contributed by atoms with Crippen molar-refractivity contribution in [1.29, 1.82) is 0 Å². The number of allylic oxidation sites excluding steroid dienone is 10. The lowest BCUT2D eigenvalue weighted by molar-refractivity contribution is -0.301. The Labute approximate surface area is 414 Å². The zero-order chi connectivity index (χ0) is 49.6. The predicted molar refractivity (Wildman–Crippen MR) is 276 cm³/mol. The molecular formula is C55H98O12S. The van der Waals surface area contributed by atoms with E-state index < -0.39 is 59.8 Å². The molecule has 0 aromatic heterocycles. The molecule has 6 unspecified atom stereocenters. The van der Waals surface area contributed by atoms with E-state index >= 15 is 0 Å². The molecule has 1 aliphatic heterocycles. The van der Waals surface area contributed by atoms with Crippen LogP contribution in [0, 0.1) is 0 Å². The van der Waals surface area contributed by atoms with Crippen molar-refractivity contribution in [2.75, 3.05) is 26.4 Å². The lowest BCUT2D eigenvalue weighted by Gasteiger charge is -2.41. The quantitative estimate of drug-likeness (QED) is 0.0197. The molecule has 0 aliphatic carbocycles. The molecule has 1 heterocycles. The van der Waals surface area contributed by atoms with Gasteiger partial charge in [0.25, 0.3) is 0 Å². The second-order valence-electron chi connectivity index (χ2n) is 18.4. The number of carbonyl (C=O) groups is 1. The van der Waals surface area contributed by atoms with Crippen LogP contribution in [0.5, 0.6) is 0 Å². The van der Waals surface area contributed by atoms with E-state index in [9.17, 15) is 33.1 Å². The minimum Gasteiger partial charge on any atom is -0.457 e. The summed E-state index contributed by atoms with van der Waals surface area (Å²) in [6, 6.07) is 0. The predicted octanol–water partition coefficient (Wildman–Crippen LogP) is 12.9. The van der Waals surface area contributed by atoms with Gasteiger partial charge in [0.2, 0.25) is 0 Å². The molecule has 1 aliphatic rings. The highest BCUT2D eigenvalue weighted by Gasteiger charge is 2.48. The Bertz CT molecular complexity index is 1410. The standard InChI is InChI=1S/C55H98O12S/c1-3-5-7-9-11-13-15-17-19-21-22-23-24-25-26-27-29-31-33-35-37-39-41-43-45-63-47-49(48-64-55-53(59)54(67-68(60,61)62)52(58)50(46-56)66-55)65-51(57)44-42-40-38-36-34-32-30-28-20-18-16-14-12-10-8-6-4-2/h5,7,11,13,17,19,22-23,25-26,49-50,52-56,58-59H,3-4,6,8-10,12,14-16,18,20-21,24,27-48H2,1-2H3,(H,60,61,62)/b7-5-,13-11-,19-17-,23-22-,26-25-. The van der Waals surface area contributed by atoms with Gasteiger partial charge in [0.15, 0.2) is 6.29 Å². The molecule has 0 radical (unpaired) electrons. The summed E-state index contributed by atoms with van der Waals surface area (Å²) >= 11 is 0. The molecule has 6 atom stereocenters. The lowest BCUT2D eigenvalue weighted by atomic mass is 9.99. The summed E-state index contributed by atoms with van der Waals surface area (Å²) in [6.45, 7) is 3.88. The third kappa shape index (κ3) is 38.5. The smallest absolute Gasteiger partial charge is 0.397 e. The van der Waals surface area contributed by atoms with Crippen molar-refractivity contribution in [2.45, 2.75) is 256 Å². The fourth-order valence-electron chi connectivity index (χ4n) is 8.11. The van der Waals surface area contributed by atoms with E-state index in [0.29, 0.717) is 13.0 Å². The summed E-state index contributed by atoms with van der Waals surface area (Å²) in [5.41, 5.74) is 0. The number of hydrogen-bond acceptors (Lipinski definition) is 11. The Kier molecular flexibility index (Phi) is 43.1. The number of aliphatic hydroxyl groups is 3. The molecule has 68 heavy (non-hydrogen) atoms. The van der Waals surface area contributed by atoms with Crippen LogP contribution in [0.15, 0.2) is 60.8 Å². The fourth-order valence-corrected chi connectivity index (χ4v) is 8.62. The zero-order valence-corrected chi connectivity index (χ0v) is 43.5. The van der Waals surface area contributed by atoms with Crippen molar-refractivity contribution in [3.8, 4) is 0 Å². The average molecular weight is 983 g/mol. The molecular weight excluding hydrogens is 885 g/mol. The second-order valence-corrected chi connectivity index (χ2v) is 19.5. The maximum absolute atomic E-state index is 12.9. The number of carbonyl (C=O) groups excluding carboxylic acids is 1. The van der Waals surface area contributed by atoms with Crippen molar-refractivity contribution >= 4 is 16.4 Å². The topological polar surface area (TPSA) is 178 Å². The van der Waals surface area contributed by atoms with Gasteiger partial charge >= 0.3 is 16.4 Å². The minimum atomic E-state index is -5.07. The van der Waals surface area contributed by atoms with Gasteiger partial charge in [0.05, 0.1) is 19.8 Å². The Morgan fingerprint density at radius 3 is 1.49 bits per heavy atom. The van der Waals surface area contributed by atoms with Crippen LogP contribution in [-0.2, 0) is 38.3 Å².